The van der Waals surface area contributed by atoms with Gasteiger partial charge in [-0.15, -0.1) is 11.3 Å². The molecule has 0 saturated carbocycles. The first-order chi connectivity index (χ1) is 12.0. The summed E-state index contributed by atoms with van der Waals surface area (Å²) < 4.78 is 18.5. The first-order valence-electron chi connectivity index (χ1n) is 7.82. The van der Waals surface area contributed by atoms with Gasteiger partial charge in [0.05, 0.1) is 12.0 Å². The zero-order valence-corrected chi connectivity index (χ0v) is 14.3. The number of hydrogen-bond donors (Lipinski definition) is 2. The van der Waals surface area contributed by atoms with E-state index in [1.54, 1.807) is 17.5 Å². The van der Waals surface area contributed by atoms with Gasteiger partial charge in [-0.3, -0.25) is 4.79 Å². The maximum Gasteiger partial charge on any atom is 0.358 e. The van der Waals surface area contributed by atoms with E-state index in [4.69, 9.17) is 4.74 Å². The van der Waals surface area contributed by atoms with Crippen LogP contribution in [0.3, 0.4) is 0 Å². The monoisotopic (exact) mass is 361 g/mol. The number of thiophene rings is 1. The summed E-state index contributed by atoms with van der Waals surface area (Å²) in [4.78, 5) is 26.8. The zero-order valence-electron chi connectivity index (χ0n) is 13.5. The van der Waals surface area contributed by atoms with Crippen LogP contribution in [0.15, 0.2) is 34.4 Å². The fraction of sp³-hybridized carbons (Fsp3) is 0.222. The SMILES string of the molecule is CCCCOC(=O)c1[nH]c(=O)c2scc(-c3ccc(F)cc3)c2c1O. The number of unbranched alkanes of at least 4 members (excludes halogenated alkanes) is 1. The maximum atomic E-state index is 13.1. The van der Waals surface area contributed by atoms with Crippen molar-refractivity contribution in [3.05, 3.63) is 51.5 Å². The Kier molecular flexibility index (Phi) is 4.85. The molecule has 3 aromatic rings. The topological polar surface area (TPSA) is 79.4 Å². The van der Waals surface area contributed by atoms with Gasteiger partial charge in [-0.25, -0.2) is 9.18 Å². The molecule has 5 nitrogen and oxygen atoms in total. The molecule has 7 heteroatoms. The average molecular weight is 361 g/mol. The van der Waals surface area contributed by atoms with Gasteiger partial charge in [0.15, 0.2) is 11.4 Å². The van der Waals surface area contributed by atoms with Crippen molar-refractivity contribution in [3.8, 4) is 16.9 Å². The summed E-state index contributed by atoms with van der Waals surface area (Å²) in [5.41, 5.74) is 0.453. The minimum Gasteiger partial charge on any atom is -0.505 e. The Bertz CT molecular complexity index is 975. The molecule has 2 aromatic heterocycles. The number of rotatable bonds is 5. The van der Waals surface area contributed by atoms with Gasteiger partial charge in [-0.2, -0.15) is 0 Å². The van der Waals surface area contributed by atoms with E-state index in [0.717, 1.165) is 17.8 Å². The fourth-order valence-corrected chi connectivity index (χ4v) is 3.46. The van der Waals surface area contributed by atoms with E-state index in [9.17, 15) is 19.1 Å². The van der Waals surface area contributed by atoms with E-state index in [1.165, 1.54) is 12.1 Å². The lowest BCUT2D eigenvalue weighted by molar-refractivity contribution is 0.0489. The van der Waals surface area contributed by atoms with E-state index in [-0.39, 0.29) is 29.3 Å². The van der Waals surface area contributed by atoms with Crippen LogP contribution in [-0.2, 0) is 4.74 Å². The molecule has 0 unspecified atom stereocenters. The third-order valence-corrected chi connectivity index (χ3v) is 4.78. The molecular formula is C18H16FNO4S. The van der Waals surface area contributed by atoms with Crippen molar-refractivity contribution in [2.24, 2.45) is 0 Å². The molecule has 130 valence electrons. The highest BCUT2D eigenvalue weighted by Crippen LogP contribution is 2.38. The van der Waals surface area contributed by atoms with Gasteiger partial charge >= 0.3 is 5.97 Å². The highest BCUT2D eigenvalue weighted by atomic mass is 32.1. The van der Waals surface area contributed by atoms with Crippen molar-refractivity contribution < 1.29 is 19.0 Å². The summed E-state index contributed by atoms with van der Waals surface area (Å²) in [7, 11) is 0. The molecule has 0 saturated heterocycles. The smallest absolute Gasteiger partial charge is 0.358 e. The summed E-state index contributed by atoms with van der Waals surface area (Å²) in [6.07, 6.45) is 1.55. The number of halogens is 1. The standard InChI is InChI=1S/C18H16FNO4S/c1-2-3-8-24-18(23)14-15(21)13-12(9-25-16(13)17(22)20-14)10-4-6-11(19)7-5-10/h4-7,9,21H,2-3,8H2,1H3,(H,20,22). The van der Waals surface area contributed by atoms with Gasteiger partial charge in [-0.1, -0.05) is 25.5 Å². The third-order valence-electron chi connectivity index (χ3n) is 3.80. The first kappa shape index (κ1) is 17.2. The first-order valence-corrected chi connectivity index (χ1v) is 8.70. The minimum absolute atomic E-state index is 0.212. The lowest BCUT2D eigenvalue weighted by atomic mass is 10.0. The van der Waals surface area contributed by atoms with Crippen LogP contribution in [0.2, 0.25) is 0 Å². The summed E-state index contributed by atoms with van der Waals surface area (Å²) in [5.74, 6) is -1.50. The number of ether oxygens (including phenoxy) is 1. The molecule has 0 aliphatic heterocycles. The Morgan fingerprint density at radius 1 is 1.32 bits per heavy atom. The Labute approximate surface area is 146 Å². The van der Waals surface area contributed by atoms with Crippen molar-refractivity contribution in [3.63, 3.8) is 0 Å². The van der Waals surface area contributed by atoms with Gasteiger partial charge in [0, 0.05) is 10.9 Å². The third kappa shape index (κ3) is 3.28. The van der Waals surface area contributed by atoms with E-state index in [0.29, 0.717) is 22.2 Å². The average Bonchev–Trinajstić information content (AvgIpc) is 3.05. The van der Waals surface area contributed by atoms with Crippen LogP contribution in [0, 0.1) is 5.82 Å². The molecule has 2 N–H and O–H groups in total. The number of aromatic nitrogens is 1. The number of hydrogen-bond acceptors (Lipinski definition) is 5. The quantitative estimate of drug-likeness (QED) is 0.531. The molecule has 3 rings (SSSR count). The molecule has 0 atom stereocenters. The lowest BCUT2D eigenvalue weighted by Crippen LogP contribution is -2.15. The molecule has 0 fully saturated rings. The Hall–Kier alpha value is -2.67. The number of H-pyrrole nitrogens is 1. The molecule has 25 heavy (non-hydrogen) atoms. The number of carbonyl (C=O) groups excluding carboxylic acids is 1. The predicted molar refractivity (Wildman–Crippen MR) is 94.7 cm³/mol. The van der Waals surface area contributed by atoms with Crippen molar-refractivity contribution in [1.82, 2.24) is 4.98 Å². The van der Waals surface area contributed by atoms with Crippen molar-refractivity contribution in [1.29, 1.82) is 0 Å². The molecule has 0 aliphatic rings. The van der Waals surface area contributed by atoms with Crippen molar-refractivity contribution in [2.75, 3.05) is 6.61 Å². The van der Waals surface area contributed by atoms with Crippen LogP contribution in [0.1, 0.15) is 30.3 Å². The van der Waals surface area contributed by atoms with Gasteiger partial charge < -0.3 is 14.8 Å². The molecule has 0 radical (unpaired) electrons. The van der Waals surface area contributed by atoms with Gasteiger partial charge in [0.2, 0.25) is 0 Å². The number of aromatic hydroxyl groups is 1. The number of esters is 1. The molecule has 2 heterocycles. The molecule has 0 spiro atoms. The highest BCUT2D eigenvalue weighted by molar-refractivity contribution is 7.17. The number of fused-ring (bicyclic) bond motifs is 1. The summed E-state index contributed by atoms with van der Waals surface area (Å²) in [6, 6.07) is 5.69. The number of carbonyl (C=O) groups is 1. The fourth-order valence-electron chi connectivity index (χ4n) is 2.49. The van der Waals surface area contributed by atoms with Gasteiger partial charge in [-0.05, 0) is 24.1 Å². The summed E-state index contributed by atoms with van der Waals surface area (Å²) in [6.45, 7) is 2.17. The van der Waals surface area contributed by atoms with Crippen LogP contribution < -0.4 is 5.56 Å². The molecule has 1 aromatic carbocycles. The van der Waals surface area contributed by atoms with Crippen LogP contribution in [0.5, 0.6) is 5.75 Å². The van der Waals surface area contributed by atoms with Gasteiger partial charge in [0.25, 0.3) is 5.56 Å². The number of benzene rings is 1. The van der Waals surface area contributed by atoms with Crippen LogP contribution in [-0.4, -0.2) is 22.7 Å². The van der Waals surface area contributed by atoms with E-state index >= 15 is 0 Å². The van der Waals surface area contributed by atoms with Crippen LogP contribution >= 0.6 is 11.3 Å². The van der Waals surface area contributed by atoms with Crippen LogP contribution in [0.4, 0.5) is 4.39 Å². The molecule has 0 bridgehead atoms. The Morgan fingerprint density at radius 3 is 2.72 bits per heavy atom. The van der Waals surface area contributed by atoms with E-state index in [1.807, 2.05) is 6.92 Å². The largest absolute Gasteiger partial charge is 0.505 e. The summed E-state index contributed by atoms with van der Waals surface area (Å²) >= 11 is 1.15. The van der Waals surface area contributed by atoms with E-state index < -0.39 is 11.5 Å². The number of pyridine rings is 1. The second-order valence-corrected chi connectivity index (χ2v) is 6.41. The maximum absolute atomic E-state index is 13.1. The predicted octanol–water partition coefficient (Wildman–Crippen LogP) is 4.06. The Morgan fingerprint density at radius 2 is 2.04 bits per heavy atom. The van der Waals surface area contributed by atoms with Crippen LogP contribution in [0.25, 0.3) is 21.2 Å². The van der Waals surface area contributed by atoms with Crippen molar-refractivity contribution in [2.45, 2.75) is 19.8 Å². The van der Waals surface area contributed by atoms with E-state index in [2.05, 4.69) is 4.98 Å². The minimum atomic E-state index is -0.777. The molecular weight excluding hydrogens is 345 g/mol. The molecule has 0 aliphatic carbocycles. The second-order valence-electron chi connectivity index (χ2n) is 5.53. The Balaban J connectivity index is 2.11. The van der Waals surface area contributed by atoms with Crippen molar-refractivity contribution >= 4 is 27.4 Å². The number of nitrogens with one attached hydrogen (secondary N) is 1. The van der Waals surface area contributed by atoms with Gasteiger partial charge in [0.1, 0.15) is 10.5 Å². The number of aromatic amines is 1. The zero-order chi connectivity index (χ0) is 18.0. The normalized spacial score (nSPS) is 11.0. The lowest BCUT2D eigenvalue weighted by Gasteiger charge is -2.08. The highest BCUT2D eigenvalue weighted by Gasteiger charge is 2.22. The molecule has 0 amide bonds. The summed E-state index contributed by atoms with van der Waals surface area (Å²) in [5, 5.41) is 12.5. The second kappa shape index (κ2) is 7.06.